The Morgan fingerprint density at radius 3 is 2.74 bits per heavy atom. The highest BCUT2D eigenvalue weighted by Gasteiger charge is 2.19. The molecule has 3 aromatic carbocycles. The van der Waals surface area contributed by atoms with Crippen molar-refractivity contribution in [3.63, 3.8) is 0 Å². The first-order valence-corrected chi connectivity index (χ1v) is 12.5. The molecule has 0 unspecified atom stereocenters. The van der Waals surface area contributed by atoms with Crippen molar-refractivity contribution in [3.05, 3.63) is 87.7 Å². The fourth-order valence-corrected chi connectivity index (χ4v) is 4.18. The van der Waals surface area contributed by atoms with E-state index in [9.17, 15) is 9.59 Å². The van der Waals surface area contributed by atoms with E-state index in [1.165, 1.54) is 18.0 Å². The molecule has 39 heavy (non-hydrogen) atoms. The second-order valence-corrected chi connectivity index (χ2v) is 8.97. The Hall–Kier alpha value is -4.63. The molecule has 0 aliphatic rings. The molecule has 0 radical (unpaired) electrons. The fraction of sp³-hybridized carbons (Fsp3) is 0.172. The standard InChI is InChI=1S/C29H24ClN3O6/c1-4-37-29(35)17(2)38-24-11-9-18(13-25(24)36-3)16-31-33-27(32-22-8-6-5-7-21(22)28(33)34)26-15-19-14-20(30)10-12-23(19)39-26/h5-17H,4H2,1-3H3/t17-/m0/s1. The number of nitrogens with zero attached hydrogens (tertiary/aromatic N) is 3. The minimum absolute atomic E-state index is 0.234. The molecular formula is C29H24ClN3O6. The van der Waals surface area contributed by atoms with E-state index in [-0.39, 0.29) is 18.0 Å². The van der Waals surface area contributed by atoms with Crippen LogP contribution in [-0.2, 0) is 9.53 Å². The summed E-state index contributed by atoms with van der Waals surface area (Å²) in [6.45, 7) is 3.58. The summed E-state index contributed by atoms with van der Waals surface area (Å²) in [6.07, 6.45) is 0.684. The maximum Gasteiger partial charge on any atom is 0.347 e. The second kappa shape index (κ2) is 11.0. The summed E-state index contributed by atoms with van der Waals surface area (Å²) in [5.41, 5.74) is 1.37. The summed E-state index contributed by atoms with van der Waals surface area (Å²) in [6, 6.07) is 19.1. The molecule has 0 bridgehead atoms. The predicted octanol–water partition coefficient (Wildman–Crippen LogP) is 5.68. The number of ether oxygens (including phenoxy) is 3. The van der Waals surface area contributed by atoms with Crippen molar-refractivity contribution in [1.29, 1.82) is 0 Å². The highest BCUT2D eigenvalue weighted by molar-refractivity contribution is 6.31. The van der Waals surface area contributed by atoms with Crippen LogP contribution in [0.15, 0.2) is 81.0 Å². The van der Waals surface area contributed by atoms with Gasteiger partial charge in [-0.2, -0.15) is 9.78 Å². The van der Waals surface area contributed by atoms with Gasteiger partial charge in [0.15, 0.2) is 23.4 Å². The lowest BCUT2D eigenvalue weighted by atomic mass is 10.2. The van der Waals surface area contributed by atoms with Gasteiger partial charge in [0, 0.05) is 10.4 Å². The van der Waals surface area contributed by atoms with Crippen molar-refractivity contribution < 1.29 is 23.4 Å². The molecule has 2 aromatic heterocycles. The molecule has 5 rings (SSSR count). The first-order chi connectivity index (χ1) is 18.9. The lowest BCUT2D eigenvalue weighted by Gasteiger charge is -2.16. The van der Waals surface area contributed by atoms with Crippen LogP contribution in [0.1, 0.15) is 19.4 Å². The Morgan fingerprint density at radius 2 is 1.95 bits per heavy atom. The summed E-state index contributed by atoms with van der Waals surface area (Å²) in [5.74, 6) is 0.864. The Bertz CT molecular complexity index is 1770. The average Bonchev–Trinajstić information content (AvgIpc) is 3.36. The summed E-state index contributed by atoms with van der Waals surface area (Å²) in [7, 11) is 1.49. The molecule has 0 fully saturated rings. The predicted molar refractivity (Wildman–Crippen MR) is 149 cm³/mol. The number of fused-ring (bicyclic) bond motifs is 2. The van der Waals surface area contributed by atoms with E-state index in [1.807, 2.05) is 6.07 Å². The molecule has 0 spiro atoms. The lowest BCUT2D eigenvalue weighted by Crippen LogP contribution is -2.26. The molecule has 10 heteroatoms. The van der Waals surface area contributed by atoms with Crippen LogP contribution in [0.25, 0.3) is 33.5 Å². The summed E-state index contributed by atoms with van der Waals surface area (Å²) >= 11 is 6.14. The third kappa shape index (κ3) is 5.35. The maximum absolute atomic E-state index is 13.5. The largest absolute Gasteiger partial charge is 0.493 e. The van der Waals surface area contributed by atoms with Crippen molar-refractivity contribution in [1.82, 2.24) is 9.66 Å². The molecule has 0 N–H and O–H groups in total. The van der Waals surface area contributed by atoms with E-state index in [4.69, 9.17) is 30.2 Å². The van der Waals surface area contributed by atoms with Gasteiger partial charge < -0.3 is 18.6 Å². The lowest BCUT2D eigenvalue weighted by molar-refractivity contribution is -0.150. The van der Waals surface area contributed by atoms with Crippen molar-refractivity contribution >= 4 is 45.7 Å². The first-order valence-electron chi connectivity index (χ1n) is 12.1. The number of hydrogen-bond acceptors (Lipinski definition) is 8. The van der Waals surface area contributed by atoms with Crippen LogP contribution in [-0.4, -0.2) is 41.7 Å². The van der Waals surface area contributed by atoms with Gasteiger partial charge in [0.2, 0.25) is 5.82 Å². The van der Waals surface area contributed by atoms with Crippen LogP contribution in [0.2, 0.25) is 5.02 Å². The SMILES string of the molecule is CCOC(=O)[C@H](C)Oc1ccc(C=Nn2c(-c3cc4cc(Cl)ccc4o3)nc3ccccc3c2=O)cc1OC. The van der Waals surface area contributed by atoms with Gasteiger partial charge in [-0.25, -0.2) is 9.78 Å². The zero-order valence-corrected chi connectivity index (χ0v) is 22.1. The number of esters is 1. The number of furan rings is 1. The summed E-state index contributed by atoms with van der Waals surface area (Å²) < 4.78 is 23.4. The van der Waals surface area contributed by atoms with Gasteiger partial charge in [-0.15, -0.1) is 0 Å². The molecule has 198 valence electrons. The van der Waals surface area contributed by atoms with Crippen LogP contribution in [0.4, 0.5) is 0 Å². The topological polar surface area (TPSA) is 105 Å². The Morgan fingerprint density at radius 1 is 1.13 bits per heavy atom. The van der Waals surface area contributed by atoms with Gasteiger partial charge in [0.25, 0.3) is 5.56 Å². The van der Waals surface area contributed by atoms with E-state index in [1.54, 1.807) is 74.5 Å². The zero-order chi connectivity index (χ0) is 27.5. The molecule has 0 amide bonds. The molecule has 0 saturated carbocycles. The number of halogens is 1. The third-order valence-corrected chi connectivity index (χ3v) is 6.12. The van der Waals surface area contributed by atoms with Gasteiger partial charge >= 0.3 is 5.97 Å². The zero-order valence-electron chi connectivity index (χ0n) is 21.4. The minimum Gasteiger partial charge on any atom is -0.493 e. The number of para-hydroxylation sites is 1. The Labute approximate surface area is 228 Å². The van der Waals surface area contributed by atoms with E-state index >= 15 is 0 Å². The van der Waals surface area contributed by atoms with Crippen molar-refractivity contribution in [2.45, 2.75) is 20.0 Å². The molecule has 0 aliphatic carbocycles. The van der Waals surface area contributed by atoms with Gasteiger partial charge in [-0.3, -0.25) is 4.79 Å². The molecule has 2 heterocycles. The highest BCUT2D eigenvalue weighted by Crippen LogP contribution is 2.30. The van der Waals surface area contributed by atoms with Crippen LogP contribution in [0.5, 0.6) is 11.5 Å². The number of methoxy groups -OCH3 is 1. The number of hydrogen-bond donors (Lipinski definition) is 0. The maximum atomic E-state index is 13.5. The molecule has 5 aromatic rings. The normalized spacial score (nSPS) is 12.2. The monoisotopic (exact) mass is 545 g/mol. The average molecular weight is 546 g/mol. The summed E-state index contributed by atoms with van der Waals surface area (Å²) in [4.78, 5) is 30.1. The number of carbonyl (C=O) groups excluding carboxylic acids is 1. The summed E-state index contributed by atoms with van der Waals surface area (Å²) in [5, 5.41) is 6.21. The molecule has 1 atom stereocenters. The molecule has 0 aliphatic heterocycles. The number of rotatable bonds is 8. The van der Waals surface area contributed by atoms with E-state index in [0.29, 0.717) is 44.3 Å². The van der Waals surface area contributed by atoms with Crippen LogP contribution in [0, 0.1) is 0 Å². The van der Waals surface area contributed by atoms with E-state index in [2.05, 4.69) is 10.1 Å². The van der Waals surface area contributed by atoms with Crippen molar-refractivity contribution in [2.24, 2.45) is 5.10 Å². The second-order valence-electron chi connectivity index (χ2n) is 8.53. The first kappa shape index (κ1) is 26.0. The van der Waals surface area contributed by atoms with Gasteiger partial charge in [0.05, 0.1) is 30.8 Å². The van der Waals surface area contributed by atoms with Crippen LogP contribution in [0.3, 0.4) is 0 Å². The molecular weight excluding hydrogens is 522 g/mol. The van der Waals surface area contributed by atoms with Gasteiger partial charge in [-0.1, -0.05) is 23.7 Å². The Kier molecular flexibility index (Phi) is 7.33. The van der Waals surface area contributed by atoms with Crippen LogP contribution < -0.4 is 15.0 Å². The smallest absolute Gasteiger partial charge is 0.347 e. The number of carbonyl (C=O) groups is 1. The third-order valence-electron chi connectivity index (χ3n) is 5.88. The van der Waals surface area contributed by atoms with Gasteiger partial charge in [-0.05, 0) is 74.0 Å². The Balaban J connectivity index is 1.55. The number of aromatic nitrogens is 2. The molecule has 9 nitrogen and oxygen atoms in total. The molecule has 0 saturated heterocycles. The quantitative estimate of drug-likeness (QED) is 0.182. The van der Waals surface area contributed by atoms with Gasteiger partial charge in [0.1, 0.15) is 5.58 Å². The van der Waals surface area contributed by atoms with E-state index < -0.39 is 12.1 Å². The fourth-order valence-electron chi connectivity index (χ4n) is 4.00. The van der Waals surface area contributed by atoms with E-state index in [0.717, 1.165) is 5.39 Å². The highest BCUT2D eigenvalue weighted by atomic mass is 35.5. The van der Waals surface area contributed by atoms with Crippen LogP contribution >= 0.6 is 11.6 Å². The minimum atomic E-state index is -0.818. The van der Waals surface area contributed by atoms with Crippen molar-refractivity contribution in [3.8, 4) is 23.1 Å². The van der Waals surface area contributed by atoms with Crippen molar-refractivity contribution in [2.75, 3.05) is 13.7 Å². The number of benzene rings is 3.